The molecule has 0 aliphatic carbocycles. The van der Waals surface area contributed by atoms with Crippen LogP contribution in [-0.2, 0) is 0 Å². The van der Waals surface area contributed by atoms with Crippen LogP contribution in [0.1, 0.15) is 26.7 Å². The van der Waals surface area contributed by atoms with Gasteiger partial charge in [-0.05, 0) is 25.3 Å². The van der Waals surface area contributed by atoms with Gasteiger partial charge < -0.3 is 10.1 Å². The number of nitrogens with one attached hydrogen (secondary N) is 1. The SMILES string of the molecule is CC(C)C[C@H](Oc1c(Cl)c(F)cc(F)c1Cl)[C@H]1CCNC1. The van der Waals surface area contributed by atoms with Gasteiger partial charge in [-0.3, -0.25) is 0 Å². The zero-order chi connectivity index (χ0) is 15.6. The Hall–Kier alpha value is -0.580. The molecule has 1 aliphatic heterocycles. The van der Waals surface area contributed by atoms with Crippen LogP contribution in [0.3, 0.4) is 0 Å². The summed E-state index contributed by atoms with van der Waals surface area (Å²) in [6, 6.07) is 0.673. The topological polar surface area (TPSA) is 21.3 Å². The first-order valence-corrected chi connectivity index (χ1v) is 7.86. The monoisotopic (exact) mass is 337 g/mol. The average molecular weight is 338 g/mol. The molecule has 21 heavy (non-hydrogen) atoms. The van der Waals surface area contributed by atoms with Crippen molar-refractivity contribution in [2.45, 2.75) is 32.8 Å². The molecule has 1 fully saturated rings. The van der Waals surface area contributed by atoms with E-state index < -0.39 is 11.6 Å². The lowest BCUT2D eigenvalue weighted by Crippen LogP contribution is -2.30. The maximum Gasteiger partial charge on any atom is 0.162 e. The molecule has 2 atom stereocenters. The number of rotatable bonds is 5. The highest BCUT2D eigenvalue weighted by molar-refractivity contribution is 6.37. The summed E-state index contributed by atoms with van der Waals surface area (Å²) in [5.74, 6) is -1.13. The van der Waals surface area contributed by atoms with Gasteiger partial charge in [-0.25, -0.2) is 8.78 Å². The zero-order valence-electron chi connectivity index (χ0n) is 12.1. The Kier molecular flexibility index (Phi) is 5.69. The van der Waals surface area contributed by atoms with Gasteiger partial charge in [-0.15, -0.1) is 0 Å². The summed E-state index contributed by atoms with van der Waals surface area (Å²) >= 11 is 11.8. The summed E-state index contributed by atoms with van der Waals surface area (Å²) < 4.78 is 33.0. The van der Waals surface area contributed by atoms with Gasteiger partial charge in [-0.2, -0.15) is 0 Å². The van der Waals surface area contributed by atoms with Crippen LogP contribution in [0.15, 0.2) is 6.07 Å². The Labute approximate surface area is 133 Å². The highest BCUT2D eigenvalue weighted by Gasteiger charge is 2.29. The van der Waals surface area contributed by atoms with Gasteiger partial charge in [0.25, 0.3) is 0 Å². The van der Waals surface area contributed by atoms with Gasteiger partial charge in [-0.1, -0.05) is 37.0 Å². The second-order valence-electron chi connectivity index (χ2n) is 5.84. The van der Waals surface area contributed by atoms with Crippen molar-refractivity contribution in [2.75, 3.05) is 13.1 Å². The van der Waals surface area contributed by atoms with Gasteiger partial charge in [0, 0.05) is 18.5 Å². The molecule has 1 aromatic rings. The van der Waals surface area contributed by atoms with E-state index in [0.717, 1.165) is 25.9 Å². The molecular weight excluding hydrogens is 319 g/mol. The standard InChI is InChI=1S/C15H19Cl2F2NO/c1-8(2)5-12(9-3-4-20-7-9)21-15-13(16)10(18)6-11(19)14(15)17/h6,8-9,12,20H,3-5,7H2,1-2H3/t9-,12-/m0/s1. The minimum atomic E-state index is -0.860. The van der Waals surface area contributed by atoms with Gasteiger partial charge in [0.2, 0.25) is 0 Å². The minimum Gasteiger partial charge on any atom is -0.487 e. The van der Waals surface area contributed by atoms with E-state index in [0.29, 0.717) is 12.0 Å². The van der Waals surface area contributed by atoms with E-state index in [4.69, 9.17) is 27.9 Å². The largest absolute Gasteiger partial charge is 0.487 e. The summed E-state index contributed by atoms with van der Waals surface area (Å²) in [4.78, 5) is 0. The Balaban J connectivity index is 2.27. The van der Waals surface area contributed by atoms with Crippen LogP contribution in [0.5, 0.6) is 5.75 Å². The first-order valence-electron chi connectivity index (χ1n) is 7.10. The fourth-order valence-corrected chi connectivity index (χ4v) is 3.04. The van der Waals surface area contributed by atoms with E-state index in [1.54, 1.807) is 0 Å². The molecule has 0 bridgehead atoms. The number of halogens is 4. The van der Waals surface area contributed by atoms with E-state index in [9.17, 15) is 8.78 Å². The minimum absolute atomic E-state index is 0.0895. The number of ether oxygens (including phenoxy) is 1. The summed E-state index contributed by atoms with van der Waals surface area (Å²) in [6.07, 6.45) is 1.57. The number of benzene rings is 1. The predicted octanol–water partition coefficient (Wildman–Crippen LogP) is 4.67. The molecule has 6 heteroatoms. The fourth-order valence-electron chi connectivity index (χ4n) is 2.60. The Bertz CT molecular complexity index is 479. The fraction of sp³-hybridized carbons (Fsp3) is 0.600. The number of hydrogen-bond acceptors (Lipinski definition) is 2. The first-order chi connectivity index (χ1) is 9.90. The van der Waals surface area contributed by atoms with E-state index in [2.05, 4.69) is 19.2 Å². The lowest BCUT2D eigenvalue weighted by atomic mass is 9.93. The average Bonchev–Trinajstić information content (AvgIpc) is 2.93. The van der Waals surface area contributed by atoms with E-state index >= 15 is 0 Å². The van der Waals surface area contributed by atoms with Crippen molar-refractivity contribution in [1.29, 1.82) is 0 Å². The molecule has 1 aliphatic rings. The Morgan fingerprint density at radius 3 is 2.38 bits per heavy atom. The van der Waals surface area contributed by atoms with E-state index in [-0.39, 0.29) is 27.8 Å². The van der Waals surface area contributed by atoms with Gasteiger partial charge in [0.15, 0.2) is 5.75 Å². The molecule has 1 saturated heterocycles. The summed E-state index contributed by atoms with van der Waals surface area (Å²) in [5.41, 5.74) is 0. The molecule has 1 N–H and O–H groups in total. The van der Waals surface area contributed by atoms with Crippen LogP contribution in [0.25, 0.3) is 0 Å². The van der Waals surface area contributed by atoms with Crippen molar-refractivity contribution in [3.05, 3.63) is 27.7 Å². The van der Waals surface area contributed by atoms with Crippen molar-refractivity contribution < 1.29 is 13.5 Å². The van der Waals surface area contributed by atoms with E-state index in [1.807, 2.05) is 0 Å². The molecular formula is C15H19Cl2F2NO. The van der Waals surface area contributed by atoms with Crippen molar-refractivity contribution in [3.8, 4) is 5.75 Å². The van der Waals surface area contributed by atoms with Gasteiger partial charge in [0.05, 0.1) is 0 Å². The third-order valence-electron chi connectivity index (χ3n) is 3.67. The summed E-state index contributed by atoms with van der Waals surface area (Å²) in [7, 11) is 0. The maximum absolute atomic E-state index is 13.6. The van der Waals surface area contributed by atoms with Crippen LogP contribution >= 0.6 is 23.2 Å². The maximum atomic E-state index is 13.6. The third kappa shape index (κ3) is 3.99. The Morgan fingerprint density at radius 2 is 1.90 bits per heavy atom. The lowest BCUT2D eigenvalue weighted by Gasteiger charge is -2.27. The second-order valence-corrected chi connectivity index (χ2v) is 6.59. The molecule has 1 aromatic carbocycles. The number of hydrogen-bond donors (Lipinski definition) is 1. The summed E-state index contributed by atoms with van der Waals surface area (Å²) in [6.45, 7) is 5.90. The lowest BCUT2D eigenvalue weighted by molar-refractivity contribution is 0.119. The quantitative estimate of drug-likeness (QED) is 0.788. The van der Waals surface area contributed by atoms with Crippen molar-refractivity contribution in [3.63, 3.8) is 0 Å². The normalized spacial score (nSPS) is 20.0. The second kappa shape index (κ2) is 7.12. The summed E-state index contributed by atoms with van der Waals surface area (Å²) in [5, 5.41) is 2.74. The molecule has 118 valence electrons. The highest BCUT2D eigenvalue weighted by atomic mass is 35.5. The van der Waals surface area contributed by atoms with Gasteiger partial charge in [0.1, 0.15) is 27.8 Å². The Morgan fingerprint density at radius 1 is 1.29 bits per heavy atom. The van der Waals surface area contributed by atoms with Gasteiger partial charge >= 0.3 is 0 Å². The molecule has 2 rings (SSSR count). The van der Waals surface area contributed by atoms with E-state index in [1.165, 1.54) is 0 Å². The predicted molar refractivity (Wildman–Crippen MR) is 81.2 cm³/mol. The van der Waals surface area contributed by atoms with Crippen molar-refractivity contribution in [2.24, 2.45) is 11.8 Å². The zero-order valence-corrected chi connectivity index (χ0v) is 13.6. The molecule has 0 radical (unpaired) electrons. The van der Waals surface area contributed by atoms with Crippen molar-refractivity contribution >= 4 is 23.2 Å². The van der Waals surface area contributed by atoms with Crippen molar-refractivity contribution in [1.82, 2.24) is 5.32 Å². The molecule has 2 nitrogen and oxygen atoms in total. The van der Waals surface area contributed by atoms with Crippen LogP contribution in [-0.4, -0.2) is 19.2 Å². The van der Waals surface area contributed by atoms with Crippen LogP contribution in [0.4, 0.5) is 8.78 Å². The molecule has 0 saturated carbocycles. The molecule has 0 amide bonds. The third-order valence-corrected chi connectivity index (χ3v) is 4.37. The molecule has 1 heterocycles. The smallest absolute Gasteiger partial charge is 0.162 e. The van der Waals surface area contributed by atoms with Crippen LogP contribution in [0, 0.1) is 23.5 Å². The van der Waals surface area contributed by atoms with Crippen LogP contribution in [0.2, 0.25) is 10.0 Å². The highest BCUT2D eigenvalue weighted by Crippen LogP contribution is 2.39. The molecule has 0 spiro atoms. The first kappa shape index (κ1) is 16.8. The van der Waals surface area contributed by atoms with Crippen LogP contribution < -0.4 is 10.1 Å². The molecule has 0 aromatic heterocycles. The molecule has 0 unspecified atom stereocenters.